The van der Waals surface area contributed by atoms with Crippen LogP contribution in [0.1, 0.15) is 46.0 Å². The highest BCUT2D eigenvalue weighted by molar-refractivity contribution is 5.89. The van der Waals surface area contributed by atoms with E-state index in [4.69, 9.17) is 10.00 Å². The first-order valence-electron chi connectivity index (χ1n) is 6.47. The lowest BCUT2D eigenvalue weighted by atomic mass is 9.90. The Hall–Kier alpha value is -1.57. The van der Waals surface area contributed by atoms with Crippen LogP contribution in [0, 0.1) is 11.3 Å². The maximum atomic E-state index is 12.2. The molecule has 0 radical (unpaired) electrons. The molecule has 18 heavy (non-hydrogen) atoms. The Kier molecular flexibility index (Phi) is 5.14. The molecule has 0 spiro atoms. The number of carbonyl (C=O) groups is 2. The van der Waals surface area contributed by atoms with Crippen LogP contribution in [0.4, 0.5) is 0 Å². The molecule has 0 aromatic rings. The van der Waals surface area contributed by atoms with E-state index in [0.717, 1.165) is 12.8 Å². The summed E-state index contributed by atoms with van der Waals surface area (Å²) in [5, 5.41) is 8.63. The molecule has 1 heterocycles. The van der Waals surface area contributed by atoms with Gasteiger partial charge in [0.1, 0.15) is 12.0 Å². The van der Waals surface area contributed by atoms with E-state index < -0.39 is 5.54 Å². The zero-order chi connectivity index (χ0) is 13.6. The lowest BCUT2D eigenvalue weighted by molar-refractivity contribution is -0.161. The lowest BCUT2D eigenvalue weighted by Crippen LogP contribution is -2.53. The quantitative estimate of drug-likeness (QED) is 0.697. The molecule has 1 aliphatic rings. The molecule has 0 saturated carbocycles. The number of ether oxygens (including phenoxy) is 1. The van der Waals surface area contributed by atoms with Crippen LogP contribution in [0.3, 0.4) is 0 Å². The minimum absolute atomic E-state index is 0.176. The van der Waals surface area contributed by atoms with Crippen molar-refractivity contribution >= 4 is 11.9 Å². The van der Waals surface area contributed by atoms with Crippen molar-refractivity contribution in [2.45, 2.75) is 51.5 Å². The highest BCUT2D eigenvalue weighted by Crippen LogP contribution is 2.35. The number of carbonyl (C=O) groups excluding carboxylic acids is 2. The minimum Gasteiger partial charge on any atom is -0.464 e. The van der Waals surface area contributed by atoms with E-state index in [1.54, 1.807) is 11.8 Å². The fourth-order valence-corrected chi connectivity index (χ4v) is 2.66. The molecule has 1 saturated heterocycles. The van der Waals surface area contributed by atoms with E-state index in [1.807, 2.05) is 13.0 Å². The molecular formula is C13H20N2O3. The minimum atomic E-state index is -0.835. The van der Waals surface area contributed by atoms with Gasteiger partial charge in [-0.15, -0.1) is 0 Å². The molecule has 0 bridgehead atoms. The maximum absolute atomic E-state index is 12.2. The fraction of sp³-hybridized carbons (Fsp3) is 0.769. The summed E-state index contributed by atoms with van der Waals surface area (Å²) in [6, 6.07) is 1.85. The third-order valence-corrected chi connectivity index (χ3v) is 3.34. The maximum Gasteiger partial charge on any atom is 0.332 e. The second-order valence-corrected chi connectivity index (χ2v) is 4.49. The van der Waals surface area contributed by atoms with Gasteiger partial charge < -0.3 is 9.64 Å². The standard InChI is InChI=1S/C13H20N2O3/c1-3-7-13(12(17)18-4-2)8-5-10-15(13)11(16)6-9-14/h3-8,10H2,1-2H3. The summed E-state index contributed by atoms with van der Waals surface area (Å²) in [5.74, 6) is -0.591. The SMILES string of the molecule is CCCC1(C(=O)OCC)CCCN1C(=O)CC#N. The van der Waals surface area contributed by atoms with Gasteiger partial charge in [0.15, 0.2) is 0 Å². The number of hydrogen-bond donors (Lipinski definition) is 0. The van der Waals surface area contributed by atoms with Crippen molar-refractivity contribution in [1.82, 2.24) is 4.90 Å². The number of nitrogens with zero attached hydrogens (tertiary/aromatic N) is 2. The van der Waals surface area contributed by atoms with Gasteiger partial charge in [0.05, 0.1) is 12.7 Å². The molecule has 1 fully saturated rings. The second-order valence-electron chi connectivity index (χ2n) is 4.49. The normalized spacial score (nSPS) is 22.6. The Morgan fingerprint density at radius 1 is 1.44 bits per heavy atom. The van der Waals surface area contributed by atoms with Crippen LogP contribution in [0.15, 0.2) is 0 Å². The summed E-state index contributed by atoms with van der Waals surface area (Å²) in [7, 11) is 0. The van der Waals surface area contributed by atoms with Crippen molar-refractivity contribution in [3.8, 4) is 6.07 Å². The first-order valence-corrected chi connectivity index (χ1v) is 6.47. The van der Waals surface area contributed by atoms with Crippen LogP contribution in [-0.4, -0.2) is 35.5 Å². The lowest BCUT2D eigenvalue weighted by Gasteiger charge is -2.35. The Labute approximate surface area is 108 Å². The Balaban J connectivity index is 2.97. The van der Waals surface area contributed by atoms with Crippen LogP contribution in [-0.2, 0) is 14.3 Å². The number of hydrogen-bond acceptors (Lipinski definition) is 4. The molecular weight excluding hydrogens is 232 g/mol. The summed E-state index contributed by atoms with van der Waals surface area (Å²) >= 11 is 0. The van der Waals surface area contributed by atoms with Gasteiger partial charge in [-0.3, -0.25) is 4.79 Å². The summed E-state index contributed by atoms with van der Waals surface area (Å²) < 4.78 is 5.12. The summed E-state index contributed by atoms with van der Waals surface area (Å²) in [5.41, 5.74) is -0.835. The molecule has 1 amide bonds. The van der Waals surface area contributed by atoms with Crippen molar-refractivity contribution in [1.29, 1.82) is 5.26 Å². The highest BCUT2D eigenvalue weighted by Gasteiger charge is 2.49. The van der Waals surface area contributed by atoms with Crippen molar-refractivity contribution in [2.75, 3.05) is 13.2 Å². The molecule has 1 aliphatic heterocycles. The average molecular weight is 252 g/mol. The topological polar surface area (TPSA) is 70.4 Å². The number of nitriles is 1. The third-order valence-electron chi connectivity index (χ3n) is 3.34. The van der Waals surface area contributed by atoms with Gasteiger partial charge in [-0.05, 0) is 26.2 Å². The summed E-state index contributed by atoms with van der Waals surface area (Å²) in [6.45, 7) is 4.59. The molecule has 0 aromatic carbocycles. The Bertz CT molecular complexity index is 362. The zero-order valence-electron chi connectivity index (χ0n) is 11.1. The Morgan fingerprint density at radius 3 is 2.72 bits per heavy atom. The van der Waals surface area contributed by atoms with Gasteiger partial charge in [-0.1, -0.05) is 13.3 Å². The molecule has 5 nitrogen and oxygen atoms in total. The second kappa shape index (κ2) is 6.39. The van der Waals surface area contributed by atoms with E-state index in [9.17, 15) is 9.59 Å². The summed E-state index contributed by atoms with van der Waals surface area (Å²) in [4.78, 5) is 25.7. The predicted octanol–water partition coefficient (Wildman–Crippen LogP) is 1.62. The number of amides is 1. The Morgan fingerprint density at radius 2 is 2.17 bits per heavy atom. The van der Waals surface area contributed by atoms with Crippen LogP contribution in [0.5, 0.6) is 0 Å². The van der Waals surface area contributed by atoms with E-state index in [-0.39, 0.29) is 18.3 Å². The van der Waals surface area contributed by atoms with Crippen molar-refractivity contribution in [3.63, 3.8) is 0 Å². The number of rotatable bonds is 5. The van der Waals surface area contributed by atoms with Crippen molar-refractivity contribution in [3.05, 3.63) is 0 Å². The fourth-order valence-electron chi connectivity index (χ4n) is 2.66. The van der Waals surface area contributed by atoms with Crippen LogP contribution < -0.4 is 0 Å². The van der Waals surface area contributed by atoms with Gasteiger partial charge in [0.2, 0.25) is 5.91 Å². The number of esters is 1. The van der Waals surface area contributed by atoms with Gasteiger partial charge in [0, 0.05) is 6.54 Å². The smallest absolute Gasteiger partial charge is 0.332 e. The van der Waals surface area contributed by atoms with E-state index in [1.165, 1.54) is 0 Å². The van der Waals surface area contributed by atoms with Crippen molar-refractivity contribution < 1.29 is 14.3 Å². The van der Waals surface area contributed by atoms with Gasteiger partial charge in [0.25, 0.3) is 0 Å². The molecule has 100 valence electrons. The van der Waals surface area contributed by atoms with Gasteiger partial charge in [-0.25, -0.2) is 4.79 Å². The van der Waals surface area contributed by atoms with Crippen LogP contribution >= 0.6 is 0 Å². The van der Waals surface area contributed by atoms with E-state index in [0.29, 0.717) is 26.0 Å². The van der Waals surface area contributed by atoms with E-state index >= 15 is 0 Å². The zero-order valence-corrected chi connectivity index (χ0v) is 11.1. The summed E-state index contributed by atoms with van der Waals surface area (Å²) in [6.07, 6.45) is 2.65. The van der Waals surface area contributed by atoms with E-state index in [2.05, 4.69) is 0 Å². The predicted molar refractivity (Wildman–Crippen MR) is 65.4 cm³/mol. The first kappa shape index (κ1) is 14.5. The van der Waals surface area contributed by atoms with Gasteiger partial charge in [-0.2, -0.15) is 5.26 Å². The molecule has 0 N–H and O–H groups in total. The molecule has 0 aromatic heterocycles. The van der Waals surface area contributed by atoms with Gasteiger partial charge >= 0.3 is 5.97 Å². The molecule has 1 unspecified atom stereocenters. The highest BCUT2D eigenvalue weighted by atomic mass is 16.5. The third kappa shape index (κ3) is 2.63. The molecule has 0 aliphatic carbocycles. The number of likely N-dealkylation sites (tertiary alicyclic amines) is 1. The van der Waals surface area contributed by atoms with Crippen molar-refractivity contribution in [2.24, 2.45) is 0 Å². The molecule has 1 atom stereocenters. The first-order chi connectivity index (χ1) is 8.62. The largest absolute Gasteiger partial charge is 0.464 e. The van der Waals surface area contributed by atoms with Crippen LogP contribution in [0.2, 0.25) is 0 Å². The monoisotopic (exact) mass is 252 g/mol. The molecule has 1 rings (SSSR count). The molecule has 5 heteroatoms. The average Bonchev–Trinajstić information content (AvgIpc) is 2.75. The van der Waals surface area contributed by atoms with Crippen LogP contribution in [0.25, 0.3) is 0 Å².